The van der Waals surface area contributed by atoms with E-state index in [1.807, 2.05) is 72.4 Å². The summed E-state index contributed by atoms with van der Waals surface area (Å²) in [6.45, 7) is 3.76. The maximum atomic E-state index is 13.8. The Morgan fingerprint density at radius 2 is 2.00 bits per heavy atom. The van der Waals surface area contributed by atoms with Crippen LogP contribution in [0.4, 0.5) is 0 Å². The number of methoxy groups -OCH3 is 1. The molecule has 2 aromatic heterocycles. The average molecular weight is 488 g/mol. The summed E-state index contributed by atoms with van der Waals surface area (Å²) >= 11 is 1.32. The van der Waals surface area contributed by atoms with E-state index in [4.69, 9.17) is 9.47 Å². The number of ether oxygens (including phenoxy) is 2. The van der Waals surface area contributed by atoms with Gasteiger partial charge in [-0.3, -0.25) is 9.36 Å². The van der Waals surface area contributed by atoms with Gasteiger partial charge in [0.25, 0.3) is 5.56 Å². The second-order valence-electron chi connectivity index (χ2n) is 8.29. The molecule has 3 heterocycles. The molecule has 2 aromatic carbocycles. The fourth-order valence-corrected chi connectivity index (χ4v) is 5.59. The Balaban J connectivity index is 1.76. The molecule has 1 atom stereocenters. The summed E-state index contributed by atoms with van der Waals surface area (Å²) in [5, 5.41) is 1.06. The molecule has 0 bridgehead atoms. The number of carbonyl (C=O) groups is 1. The summed E-state index contributed by atoms with van der Waals surface area (Å²) < 4.78 is 15.0. The van der Waals surface area contributed by atoms with Gasteiger partial charge >= 0.3 is 5.97 Å². The van der Waals surface area contributed by atoms with Gasteiger partial charge in [0.05, 0.1) is 35.6 Å². The number of aryl methyl sites for hydroxylation is 1. The molecule has 0 saturated carbocycles. The first-order chi connectivity index (χ1) is 16.9. The van der Waals surface area contributed by atoms with Crippen LogP contribution in [0.25, 0.3) is 17.0 Å². The van der Waals surface area contributed by atoms with Crippen LogP contribution in [-0.2, 0) is 16.6 Å². The first-order valence-corrected chi connectivity index (χ1v) is 12.1. The van der Waals surface area contributed by atoms with Crippen molar-refractivity contribution in [3.8, 4) is 5.75 Å². The van der Waals surface area contributed by atoms with E-state index in [1.54, 1.807) is 25.5 Å². The molecular weight excluding hydrogens is 462 g/mol. The predicted molar refractivity (Wildman–Crippen MR) is 136 cm³/mol. The van der Waals surface area contributed by atoms with Crippen molar-refractivity contribution in [1.29, 1.82) is 0 Å². The molecule has 0 fully saturated rings. The van der Waals surface area contributed by atoms with Gasteiger partial charge in [-0.15, -0.1) is 0 Å². The van der Waals surface area contributed by atoms with Crippen molar-refractivity contribution in [2.24, 2.45) is 12.0 Å². The summed E-state index contributed by atoms with van der Waals surface area (Å²) in [6.07, 6.45) is 3.91. The van der Waals surface area contributed by atoms with Gasteiger partial charge in [-0.1, -0.05) is 41.7 Å². The number of para-hydroxylation sites is 1. The Morgan fingerprint density at radius 3 is 2.77 bits per heavy atom. The number of thiazole rings is 1. The number of carbonyl (C=O) groups excluding carboxylic acids is 1. The number of benzene rings is 2. The predicted octanol–water partition coefficient (Wildman–Crippen LogP) is 3.30. The minimum absolute atomic E-state index is 0.205. The van der Waals surface area contributed by atoms with Gasteiger partial charge in [-0.05, 0) is 43.7 Å². The lowest BCUT2D eigenvalue weighted by molar-refractivity contribution is -0.139. The molecule has 0 spiro atoms. The summed E-state index contributed by atoms with van der Waals surface area (Å²) in [6, 6.07) is 14.8. The molecule has 0 radical (unpaired) electrons. The molecule has 0 saturated heterocycles. The molecular formula is C27H25N3O4S. The number of hydrogen-bond acceptors (Lipinski definition) is 6. The maximum Gasteiger partial charge on any atom is 0.338 e. The van der Waals surface area contributed by atoms with E-state index in [0.29, 0.717) is 26.4 Å². The number of nitrogens with zero attached hydrogens (tertiary/aromatic N) is 3. The molecule has 7 nitrogen and oxygen atoms in total. The zero-order chi connectivity index (χ0) is 24.7. The average Bonchev–Trinajstić information content (AvgIpc) is 3.34. The number of fused-ring (bicyclic) bond motifs is 2. The third-order valence-corrected chi connectivity index (χ3v) is 7.12. The zero-order valence-corrected chi connectivity index (χ0v) is 20.8. The largest absolute Gasteiger partial charge is 0.497 e. The Morgan fingerprint density at radius 1 is 1.20 bits per heavy atom. The second-order valence-corrected chi connectivity index (χ2v) is 9.30. The van der Waals surface area contributed by atoms with Gasteiger partial charge < -0.3 is 14.0 Å². The number of aromatic nitrogens is 2. The molecule has 1 aliphatic rings. The van der Waals surface area contributed by atoms with Crippen molar-refractivity contribution >= 4 is 34.3 Å². The van der Waals surface area contributed by atoms with Crippen molar-refractivity contribution in [2.45, 2.75) is 19.9 Å². The third-order valence-electron chi connectivity index (χ3n) is 6.14. The van der Waals surface area contributed by atoms with Crippen LogP contribution in [0.3, 0.4) is 0 Å². The number of esters is 1. The van der Waals surface area contributed by atoms with E-state index in [9.17, 15) is 9.59 Å². The van der Waals surface area contributed by atoms with Crippen molar-refractivity contribution < 1.29 is 14.3 Å². The van der Waals surface area contributed by atoms with Crippen molar-refractivity contribution in [3.05, 3.63) is 96.8 Å². The van der Waals surface area contributed by atoms with Crippen molar-refractivity contribution in [3.63, 3.8) is 0 Å². The van der Waals surface area contributed by atoms with Gasteiger partial charge in [0.1, 0.15) is 5.75 Å². The lowest BCUT2D eigenvalue weighted by atomic mass is 9.95. The molecule has 178 valence electrons. The van der Waals surface area contributed by atoms with Crippen LogP contribution in [-0.4, -0.2) is 28.8 Å². The highest BCUT2D eigenvalue weighted by Crippen LogP contribution is 2.32. The Labute approximate surface area is 205 Å². The topological polar surface area (TPSA) is 74.8 Å². The molecule has 0 aliphatic carbocycles. The lowest BCUT2D eigenvalue weighted by Gasteiger charge is -2.25. The fraction of sp³-hybridized carbons (Fsp3) is 0.222. The van der Waals surface area contributed by atoms with Crippen LogP contribution in [0.5, 0.6) is 5.75 Å². The van der Waals surface area contributed by atoms with E-state index in [0.717, 1.165) is 22.0 Å². The minimum Gasteiger partial charge on any atom is -0.497 e. The van der Waals surface area contributed by atoms with Crippen LogP contribution in [0.1, 0.15) is 31.0 Å². The van der Waals surface area contributed by atoms with Crippen LogP contribution in [0.2, 0.25) is 0 Å². The molecule has 4 aromatic rings. The monoisotopic (exact) mass is 487 g/mol. The van der Waals surface area contributed by atoms with Crippen molar-refractivity contribution in [2.75, 3.05) is 13.7 Å². The highest BCUT2D eigenvalue weighted by atomic mass is 32.1. The van der Waals surface area contributed by atoms with Crippen LogP contribution in [0, 0.1) is 0 Å². The highest BCUT2D eigenvalue weighted by molar-refractivity contribution is 7.07. The van der Waals surface area contributed by atoms with Crippen LogP contribution < -0.4 is 19.6 Å². The third kappa shape index (κ3) is 3.89. The first-order valence-electron chi connectivity index (χ1n) is 11.3. The Hall–Kier alpha value is -3.91. The van der Waals surface area contributed by atoms with E-state index in [1.165, 1.54) is 11.3 Å². The smallest absolute Gasteiger partial charge is 0.338 e. The fourth-order valence-electron chi connectivity index (χ4n) is 4.55. The van der Waals surface area contributed by atoms with Gasteiger partial charge in [-0.2, -0.15) is 0 Å². The molecule has 0 amide bonds. The number of allylic oxidation sites excluding steroid dienone is 1. The van der Waals surface area contributed by atoms with E-state index in [2.05, 4.69) is 4.99 Å². The van der Waals surface area contributed by atoms with Crippen molar-refractivity contribution in [1.82, 2.24) is 9.13 Å². The van der Waals surface area contributed by atoms with E-state index < -0.39 is 12.0 Å². The minimum atomic E-state index is -0.671. The number of hydrogen-bond donors (Lipinski definition) is 0. The lowest BCUT2D eigenvalue weighted by Crippen LogP contribution is -2.39. The Bertz CT molecular complexity index is 1670. The molecule has 5 rings (SSSR count). The van der Waals surface area contributed by atoms with Gasteiger partial charge in [0.2, 0.25) is 0 Å². The summed E-state index contributed by atoms with van der Waals surface area (Å²) in [5.41, 5.74) is 3.47. The van der Waals surface area contributed by atoms with Crippen LogP contribution >= 0.6 is 11.3 Å². The number of rotatable bonds is 5. The second kappa shape index (κ2) is 9.03. The molecule has 8 heteroatoms. The highest BCUT2D eigenvalue weighted by Gasteiger charge is 2.33. The first kappa shape index (κ1) is 22.9. The molecule has 0 N–H and O–H groups in total. The zero-order valence-electron chi connectivity index (χ0n) is 19.9. The van der Waals surface area contributed by atoms with E-state index in [-0.39, 0.29) is 12.2 Å². The summed E-state index contributed by atoms with van der Waals surface area (Å²) in [7, 11) is 3.57. The maximum absolute atomic E-state index is 13.8. The molecule has 35 heavy (non-hydrogen) atoms. The summed E-state index contributed by atoms with van der Waals surface area (Å²) in [5.74, 6) is 0.156. The molecule has 1 aliphatic heterocycles. The van der Waals surface area contributed by atoms with E-state index >= 15 is 0 Å². The van der Waals surface area contributed by atoms with Gasteiger partial charge in [0.15, 0.2) is 4.80 Å². The van der Waals surface area contributed by atoms with Gasteiger partial charge in [0, 0.05) is 29.7 Å². The molecule has 1 unspecified atom stereocenters. The quantitative estimate of drug-likeness (QED) is 0.405. The van der Waals surface area contributed by atoms with Crippen LogP contribution in [0.15, 0.2) is 75.8 Å². The normalized spacial score (nSPS) is 15.8. The Kier molecular flexibility index (Phi) is 5.90. The summed E-state index contributed by atoms with van der Waals surface area (Å²) in [4.78, 5) is 32.0. The van der Waals surface area contributed by atoms with Gasteiger partial charge in [-0.25, -0.2) is 9.79 Å². The standard InChI is InChI=1S/C27H25N3O4S/c1-5-34-26(32)23-16(2)28-27-30(24(23)17-9-8-10-19(13-17)33-4)25(31)22(35-27)14-18-15-29(3)21-12-7-6-11-20(18)21/h6-15,24H,5H2,1-4H3/b22-14-. The SMILES string of the molecule is CCOC(=O)C1=C(C)N=c2s/c(=C\c3cn(C)c4ccccc34)c(=O)n2C1c1cccc(OC)c1.